The van der Waals surface area contributed by atoms with Crippen LogP contribution in [0.25, 0.3) is 28.1 Å². The molecule has 5 heteroatoms. The Morgan fingerprint density at radius 1 is 0.964 bits per heavy atom. The summed E-state index contributed by atoms with van der Waals surface area (Å²) in [4.78, 5) is 6.23. The minimum atomic E-state index is 0.888. The van der Waals surface area contributed by atoms with Crippen molar-refractivity contribution < 1.29 is 9.14 Å². The lowest BCUT2D eigenvalue weighted by molar-refractivity contribution is -0.479. The van der Waals surface area contributed by atoms with E-state index in [0.717, 1.165) is 24.6 Å². The van der Waals surface area contributed by atoms with Crippen LogP contribution in [0.1, 0.15) is 19.3 Å². The molecule has 0 saturated carbocycles. The van der Waals surface area contributed by atoms with Crippen molar-refractivity contribution in [1.82, 2.24) is 14.5 Å². The number of aromatic nitrogens is 3. The van der Waals surface area contributed by atoms with Gasteiger partial charge in [-0.2, -0.15) is 4.40 Å². The normalized spacial score (nSPS) is 15.5. The summed E-state index contributed by atoms with van der Waals surface area (Å²) in [6.45, 7) is 4.51. The van der Waals surface area contributed by atoms with Gasteiger partial charge in [0.25, 0.3) is 0 Å². The first-order chi connectivity index (χ1) is 13.8. The van der Waals surface area contributed by atoms with Crippen LogP contribution in [0.3, 0.4) is 0 Å². The highest BCUT2D eigenvalue weighted by Crippen LogP contribution is 2.25. The van der Waals surface area contributed by atoms with Gasteiger partial charge in [-0.15, -0.1) is 0 Å². The van der Waals surface area contributed by atoms with E-state index in [1.165, 1.54) is 54.6 Å². The molecule has 5 nitrogen and oxygen atoms in total. The number of nitrogens with one attached hydrogen (secondary N) is 1. The fraction of sp³-hybridized carbons (Fsp3) is 0.348. The number of hydrogen-bond acceptors (Lipinski definition) is 2. The van der Waals surface area contributed by atoms with E-state index in [4.69, 9.17) is 4.74 Å². The number of likely N-dealkylation sites (tertiary alicyclic amines) is 1. The minimum Gasteiger partial charge on any atom is -0.497 e. The summed E-state index contributed by atoms with van der Waals surface area (Å²) in [6.07, 6.45) is 6.28. The third-order valence-corrected chi connectivity index (χ3v) is 5.91. The molecule has 5 rings (SSSR count). The maximum Gasteiger partial charge on any atom is 0.368 e. The highest BCUT2D eigenvalue weighted by atomic mass is 16.5. The number of rotatable bonds is 5. The number of ether oxygens (including phenoxy) is 1. The zero-order valence-corrected chi connectivity index (χ0v) is 16.4. The van der Waals surface area contributed by atoms with Gasteiger partial charge in [0.2, 0.25) is 0 Å². The Labute approximate surface area is 165 Å². The molecule has 4 aromatic rings. The third-order valence-electron chi connectivity index (χ3n) is 5.91. The fourth-order valence-corrected chi connectivity index (χ4v) is 4.36. The molecule has 0 bridgehead atoms. The van der Waals surface area contributed by atoms with Gasteiger partial charge in [-0.05, 0) is 62.3 Å². The van der Waals surface area contributed by atoms with Gasteiger partial charge in [-0.25, -0.2) is 9.55 Å². The fourth-order valence-electron chi connectivity index (χ4n) is 4.36. The van der Waals surface area contributed by atoms with E-state index in [-0.39, 0.29) is 0 Å². The molecule has 1 aliphatic heterocycles. The van der Waals surface area contributed by atoms with Gasteiger partial charge in [0.15, 0.2) is 0 Å². The van der Waals surface area contributed by atoms with Crippen molar-refractivity contribution >= 4 is 16.8 Å². The predicted molar refractivity (Wildman–Crippen MR) is 112 cm³/mol. The number of aromatic amines is 1. The minimum absolute atomic E-state index is 0.888. The van der Waals surface area contributed by atoms with Gasteiger partial charge in [0.1, 0.15) is 28.7 Å². The van der Waals surface area contributed by atoms with E-state index >= 15 is 0 Å². The number of methoxy groups -OCH3 is 1. The summed E-state index contributed by atoms with van der Waals surface area (Å²) in [5.41, 5.74) is 4.83. The molecular weight excluding hydrogens is 348 g/mol. The molecule has 3 heterocycles. The molecule has 28 heavy (non-hydrogen) atoms. The number of hydrogen-bond donors (Lipinski definition) is 1. The lowest BCUT2D eigenvalue weighted by Crippen LogP contribution is -2.32. The quantitative estimate of drug-likeness (QED) is 0.538. The lowest BCUT2D eigenvalue weighted by atomic mass is 10.1. The number of H-pyrrole nitrogens is 1. The number of para-hydroxylation sites is 2. The highest BCUT2D eigenvalue weighted by molar-refractivity contribution is 5.74. The zero-order valence-electron chi connectivity index (χ0n) is 16.4. The molecule has 2 aromatic heterocycles. The molecule has 0 unspecified atom stereocenters. The molecule has 0 aliphatic carbocycles. The SMILES string of the molecule is COc1ccc(-c2c[n+]3c4ccccc4[nH]c3n2CCN2CCCCC2)cc1. The predicted octanol–water partition coefficient (Wildman–Crippen LogP) is 3.87. The van der Waals surface area contributed by atoms with Crippen molar-refractivity contribution in [2.45, 2.75) is 25.8 Å². The van der Waals surface area contributed by atoms with Crippen LogP contribution >= 0.6 is 0 Å². The van der Waals surface area contributed by atoms with Crippen LogP contribution in [0.4, 0.5) is 0 Å². The first-order valence-electron chi connectivity index (χ1n) is 10.2. The van der Waals surface area contributed by atoms with Crippen LogP contribution in [-0.2, 0) is 6.54 Å². The topological polar surface area (TPSA) is 37.3 Å². The first-order valence-corrected chi connectivity index (χ1v) is 10.2. The molecule has 1 N–H and O–H groups in total. The second kappa shape index (κ2) is 7.32. The smallest absolute Gasteiger partial charge is 0.368 e. The summed E-state index contributed by atoms with van der Waals surface area (Å²) in [5, 5.41) is 0. The highest BCUT2D eigenvalue weighted by Gasteiger charge is 2.23. The second-order valence-corrected chi connectivity index (χ2v) is 7.63. The summed E-state index contributed by atoms with van der Waals surface area (Å²) >= 11 is 0. The average molecular weight is 375 g/mol. The summed E-state index contributed by atoms with van der Waals surface area (Å²) in [6, 6.07) is 16.9. The Hall–Kier alpha value is -2.79. The molecule has 1 fully saturated rings. The Balaban J connectivity index is 1.58. The Kier molecular flexibility index (Phi) is 4.53. The third kappa shape index (κ3) is 3.06. The zero-order chi connectivity index (χ0) is 18.9. The van der Waals surface area contributed by atoms with Crippen LogP contribution in [0.5, 0.6) is 5.75 Å². The van der Waals surface area contributed by atoms with Crippen molar-refractivity contribution in [3.05, 3.63) is 54.7 Å². The van der Waals surface area contributed by atoms with Gasteiger partial charge in [0.05, 0.1) is 13.7 Å². The van der Waals surface area contributed by atoms with Gasteiger partial charge >= 0.3 is 5.78 Å². The molecule has 0 amide bonds. The number of nitrogens with zero attached hydrogens (tertiary/aromatic N) is 3. The largest absolute Gasteiger partial charge is 0.497 e. The molecule has 0 spiro atoms. The second-order valence-electron chi connectivity index (χ2n) is 7.63. The Bertz CT molecular complexity index is 1090. The molecule has 0 radical (unpaired) electrons. The van der Waals surface area contributed by atoms with Crippen molar-refractivity contribution in [2.75, 3.05) is 26.7 Å². The summed E-state index contributed by atoms with van der Waals surface area (Å²) < 4.78 is 10.0. The van der Waals surface area contributed by atoms with Crippen molar-refractivity contribution in [1.29, 1.82) is 0 Å². The molecule has 1 saturated heterocycles. The van der Waals surface area contributed by atoms with Crippen LogP contribution < -0.4 is 9.14 Å². The average Bonchev–Trinajstić information content (AvgIpc) is 3.29. The van der Waals surface area contributed by atoms with Crippen molar-refractivity contribution in [2.24, 2.45) is 0 Å². The number of benzene rings is 2. The summed E-state index contributed by atoms with van der Waals surface area (Å²) in [5.74, 6) is 2.03. The molecule has 144 valence electrons. The molecule has 1 aliphatic rings. The molecule has 0 atom stereocenters. The van der Waals surface area contributed by atoms with Gasteiger partial charge in [-0.3, -0.25) is 0 Å². The maximum absolute atomic E-state index is 5.34. The van der Waals surface area contributed by atoms with Gasteiger partial charge in [0, 0.05) is 12.1 Å². The van der Waals surface area contributed by atoms with Crippen molar-refractivity contribution in [3.8, 4) is 17.0 Å². The van der Waals surface area contributed by atoms with Gasteiger partial charge in [-0.1, -0.05) is 18.6 Å². The van der Waals surface area contributed by atoms with E-state index in [9.17, 15) is 0 Å². The van der Waals surface area contributed by atoms with Crippen LogP contribution in [-0.4, -0.2) is 41.2 Å². The Morgan fingerprint density at radius 2 is 1.75 bits per heavy atom. The van der Waals surface area contributed by atoms with Crippen molar-refractivity contribution in [3.63, 3.8) is 0 Å². The number of imidazole rings is 2. The van der Waals surface area contributed by atoms with Crippen LogP contribution in [0, 0.1) is 0 Å². The summed E-state index contributed by atoms with van der Waals surface area (Å²) in [7, 11) is 1.71. The van der Waals surface area contributed by atoms with Crippen LogP contribution in [0.2, 0.25) is 0 Å². The molecule has 2 aromatic carbocycles. The van der Waals surface area contributed by atoms with Gasteiger partial charge < -0.3 is 9.64 Å². The van der Waals surface area contributed by atoms with E-state index in [0.29, 0.717) is 0 Å². The monoisotopic (exact) mass is 375 g/mol. The van der Waals surface area contributed by atoms with E-state index in [1.807, 2.05) is 12.1 Å². The van der Waals surface area contributed by atoms with E-state index in [1.54, 1.807) is 7.11 Å². The maximum atomic E-state index is 5.34. The number of piperidine rings is 1. The lowest BCUT2D eigenvalue weighted by Gasteiger charge is -2.25. The standard InChI is InChI=1S/C23H26N4O/c1-28-19-11-9-18(10-12-19)22-17-27-21-8-4-3-7-20(21)24-23(27)26(22)16-15-25-13-5-2-6-14-25/h3-4,7-12,17H,2,5-6,13-16H2,1H3/p+1. The molecular formula is C23H27N4O+. The first kappa shape index (κ1) is 17.3. The van der Waals surface area contributed by atoms with E-state index < -0.39 is 0 Å². The Morgan fingerprint density at radius 3 is 2.54 bits per heavy atom. The van der Waals surface area contributed by atoms with Crippen LogP contribution in [0.15, 0.2) is 54.7 Å². The number of fused-ring (bicyclic) bond motifs is 3. The van der Waals surface area contributed by atoms with E-state index in [2.05, 4.69) is 61.4 Å².